The molecule has 2 aromatic carbocycles. The van der Waals surface area contributed by atoms with E-state index >= 15 is 0 Å². The van der Waals surface area contributed by atoms with Crippen molar-refractivity contribution in [1.82, 2.24) is 0 Å². The van der Waals surface area contributed by atoms with Gasteiger partial charge in [0.25, 0.3) is 11.8 Å². The van der Waals surface area contributed by atoms with E-state index in [1.54, 1.807) is 24.3 Å². The van der Waals surface area contributed by atoms with E-state index in [0.717, 1.165) is 0 Å². The number of benzene rings is 2. The van der Waals surface area contributed by atoms with Gasteiger partial charge in [-0.1, -0.05) is 0 Å². The predicted octanol–water partition coefficient (Wildman–Crippen LogP) is 1.64. The van der Waals surface area contributed by atoms with Gasteiger partial charge >= 0.3 is 0 Å². The molecule has 0 aliphatic rings. The number of ether oxygens (including phenoxy) is 2. The van der Waals surface area contributed by atoms with Gasteiger partial charge < -0.3 is 26.3 Å². The molecule has 0 saturated heterocycles. The molecule has 2 rings (SSSR count). The van der Waals surface area contributed by atoms with Crippen molar-refractivity contribution in [3.8, 4) is 11.5 Å². The van der Waals surface area contributed by atoms with Crippen molar-refractivity contribution in [2.45, 2.75) is 0 Å². The molecule has 5 N–H and O–H groups in total. The Hall–Kier alpha value is -3.22. The van der Waals surface area contributed by atoms with Crippen molar-refractivity contribution < 1.29 is 19.1 Å². The summed E-state index contributed by atoms with van der Waals surface area (Å²) in [6, 6.07) is 9.27. The SMILES string of the molecule is COc1cc(NC(=O)c2ccc(N)cc2)c(C(N)=O)cc1OC. The molecule has 0 unspecified atom stereocenters. The fourth-order valence-corrected chi connectivity index (χ4v) is 2.02. The number of nitrogen functional groups attached to an aromatic ring is 1. The number of carbonyl (C=O) groups excluding carboxylic acids is 2. The van der Waals surface area contributed by atoms with Crippen molar-refractivity contribution >= 4 is 23.2 Å². The van der Waals surface area contributed by atoms with Crippen LogP contribution in [0.1, 0.15) is 20.7 Å². The molecule has 0 bridgehead atoms. The molecule has 0 spiro atoms. The number of carbonyl (C=O) groups is 2. The van der Waals surface area contributed by atoms with Crippen LogP contribution in [0.2, 0.25) is 0 Å². The summed E-state index contributed by atoms with van der Waals surface area (Å²) in [6.07, 6.45) is 0. The Morgan fingerprint density at radius 2 is 1.57 bits per heavy atom. The number of hydrogen-bond donors (Lipinski definition) is 3. The van der Waals surface area contributed by atoms with Crippen LogP contribution in [0.4, 0.5) is 11.4 Å². The Balaban J connectivity index is 2.39. The van der Waals surface area contributed by atoms with E-state index in [1.807, 2.05) is 0 Å². The number of amides is 2. The maximum absolute atomic E-state index is 12.3. The fourth-order valence-electron chi connectivity index (χ4n) is 2.02. The monoisotopic (exact) mass is 315 g/mol. The molecule has 7 nitrogen and oxygen atoms in total. The average Bonchev–Trinajstić information content (AvgIpc) is 2.54. The molecule has 0 aromatic heterocycles. The minimum absolute atomic E-state index is 0.117. The smallest absolute Gasteiger partial charge is 0.255 e. The van der Waals surface area contributed by atoms with Gasteiger partial charge in [-0.25, -0.2) is 0 Å². The first kappa shape index (κ1) is 16.2. The zero-order chi connectivity index (χ0) is 17.0. The maximum atomic E-state index is 12.3. The van der Waals surface area contributed by atoms with Gasteiger partial charge in [0.15, 0.2) is 11.5 Å². The van der Waals surface area contributed by atoms with Crippen LogP contribution in [-0.2, 0) is 0 Å². The van der Waals surface area contributed by atoms with Crippen LogP contribution in [0.25, 0.3) is 0 Å². The molecule has 2 aromatic rings. The number of primary amides is 1. The third-order valence-corrected chi connectivity index (χ3v) is 3.21. The highest BCUT2D eigenvalue weighted by Crippen LogP contribution is 2.33. The summed E-state index contributed by atoms with van der Waals surface area (Å²) < 4.78 is 10.3. The molecule has 0 atom stereocenters. The summed E-state index contributed by atoms with van der Waals surface area (Å²) >= 11 is 0. The summed E-state index contributed by atoms with van der Waals surface area (Å²) in [5.74, 6) is -0.393. The summed E-state index contributed by atoms with van der Waals surface area (Å²) in [5.41, 5.74) is 12.2. The van der Waals surface area contributed by atoms with Gasteiger partial charge in [-0.3, -0.25) is 9.59 Å². The molecular formula is C16H17N3O4. The van der Waals surface area contributed by atoms with Crippen molar-refractivity contribution in [2.75, 3.05) is 25.3 Å². The highest BCUT2D eigenvalue weighted by molar-refractivity contribution is 6.09. The molecule has 0 aliphatic heterocycles. The minimum atomic E-state index is -0.696. The van der Waals surface area contributed by atoms with Crippen LogP contribution in [-0.4, -0.2) is 26.0 Å². The number of nitrogens with one attached hydrogen (secondary N) is 1. The Morgan fingerprint density at radius 3 is 2.09 bits per heavy atom. The van der Waals surface area contributed by atoms with Crippen LogP contribution in [0.3, 0.4) is 0 Å². The largest absolute Gasteiger partial charge is 0.493 e. The summed E-state index contributed by atoms with van der Waals surface area (Å²) in [6.45, 7) is 0. The molecule has 2 amide bonds. The molecule has 0 fully saturated rings. The van der Waals surface area contributed by atoms with Gasteiger partial charge in [0, 0.05) is 17.3 Å². The van der Waals surface area contributed by atoms with Gasteiger partial charge in [0.2, 0.25) is 0 Å². The Bertz CT molecular complexity index is 742. The molecule has 23 heavy (non-hydrogen) atoms. The number of hydrogen-bond acceptors (Lipinski definition) is 5. The molecule has 0 saturated carbocycles. The zero-order valence-corrected chi connectivity index (χ0v) is 12.8. The van der Waals surface area contributed by atoms with Crippen molar-refractivity contribution in [3.05, 3.63) is 47.5 Å². The second-order valence-electron chi connectivity index (χ2n) is 4.69. The van der Waals surface area contributed by atoms with E-state index in [2.05, 4.69) is 5.32 Å². The molecule has 0 heterocycles. The van der Waals surface area contributed by atoms with E-state index in [9.17, 15) is 9.59 Å². The third-order valence-electron chi connectivity index (χ3n) is 3.21. The highest BCUT2D eigenvalue weighted by atomic mass is 16.5. The molecule has 0 radical (unpaired) electrons. The van der Waals surface area contributed by atoms with Crippen LogP contribution in [0.5, 0.6) is 11.5 Å². The van der Waals surface area contributed by atoms with Crippen molar-refractivity contribution in [3.63, 3.8) is 0 Å². The van der Waals surface area contributed by atoms with E-state index in [4.69, 9.17) is 20.9 Å². The van der Waals surface area contributed by atoms with Crippen LogP contribution < -0.4 is 26.3 Å². The normalized spacial score (nSPS) is 10.0. The second kappa shape index (κ2) is 6.69. The number of anilines is 2. The lowest BCUT2D eigenvalue weighted by atomic mass is 10.1. The first-order valence-electron chi connectivity index (χ1n) is 6.69. The molecule has 120 valence electrons. The van der Waals surface area contributed by atoms with Gasteiger partial charge in [-0.2, -0.15) is 0 Å². The molecular weight excluding hydrogens is 298 g/mol. The standard InChI is InChI=1S/C16H17N3O4/c1-22-13-7-11(15(18)20)12(8-14(13)23-2)19-16(21)9-3-5-10(17)6-4-9/h3-8H,17H2,1-2H3,(H2,18,20)(H,19,21). The number of methoxy groups -OCH3 is 2. The number of nitrogens with two attached hydrogens (primary N) is 2. The summed E-state index contributed by atoms with van der Waals surface area (Å²) in [7, 11) is 2.89. The van der Waals surface area contributed by atoms with Gasteiger partial charge in [-0.05, 0) is 30.3 Å². The first-order chi connectivity index (χ1) is 11.0. The lowest BCUT2D eigenvalue weighted by Gasteiger charge is -2.14. The predicted molar refractivity (Wildman–Crippen MR) is 86.9 cm³/mol. The van der Waals surface area contributed by atoms with Gasteiger partial charge in [-0.15, -0.1) is 0 Å². The first-order valence-corrected chi connectivity index (χ1v) is 6.69. The highest BCUT2D eigenvalue weighted by Gasteiger charge is 2.17. The van der Waals surface area contributed by atoms with Crippen LogP contribution >= 0.6 is 0 Å². The quantitative estimate of drug-likeness (QED) is 0.725. The average molecular weight is 315 g/mol. The van der Waals surface area contributed by atoms with Crippen molar-refractivity contribution in [1.29, 1.82) is 0 Å². The van der Waals surface area contributed by atoms with Gasteiger partial charge in [0.1, 0.15) is 0 Å². The van der Waals surface area contributed by atoms with E-state index in [0.29, 0.717) is 22.7 Å². The topological polar surface area (TPSA) is 117 Å². The zero-order valence-electron chi connectivity index (χ0n) is 12.8. The number of rotatable bonds is 5. The molecule has 7 heteroatoms. The van der Waals surface area contributed by atoms with Crippen molar-refractivity contribution in [2.24, 2.45) is 5.73 Å². The summed E-state index contributed by atoms with van der Waals surface area (Å²) in [4.78, 5) is 23.9. The third kappa shape index (κ3) is 3.52. The Morgan fingerprint density at radius 1 is 1.00 bits per heavy atom. The Labute approximate surface area is 133 Å². The molecule has 0 aliphatic carbocycles. The Kier molecular flexibility index (Phi) is 4.70. The minimum Gasteiger partial charge on any atom is -0.493 e. The van der Waals surface area contributed by atoms with E-state index in [1.165, 1.54) is 26.4 Å². The fraction of sp³-hybridized carbons (Fsp3) is 0.125. The van der Waals surface area contributed by atoms with Crippen LogP contribution in [0.15, 0.2) is 36.4 Å². The lowest BCUT2D eigenvalue weighted by molar-refractivity contribution is 0.100. The van der Waals surface area contributed by atoms with E-state index < -0.39 is 11.8 Å². The van der Waals surface area contributed by atoms with Gasteiger partial charge in [0.05, 0.1) is 25.5 Å². The second-order valence-corrected chi connectivity index (χ2v) is 4.69. The van der Waals surface area contributed by atoms with E-state index in [-0.39, 0.29) is 11.3 Å². The maximum Gasteiger partial charge on any atom is 0.255 e. The lowest BCUT2D eigenvalue weighted by Crippen LogP contribution is -2.18. The van der Waals surface area contributed by atoms with Crippen LogP contribution in [0, 0.1) is 0 Å². The summed E-state index contributed by atoms with van der Waals surface area (Å²) in [5, 5.41) is 2.64.